The number of ether oxygens (including phenoxy) is 1. The Morgan fingerprint density at radius 1 is 0.789 bits per heavy atom. The Labute approximate surface area is 224 Å². The van der Waals surface area contributed by atoms with Crippen LogP contribution in [0.2, 0.25) is 5.02 Å². The second kappa shape index (κ2) is 9.19. The molecule has 0 radical (unpaired) electrons. The zero-order valence-corrected chi connectivity index (χ0v) is 21.9. The Bertz CT molecular complexity index is 1790. The minimum atomic E-state index is -0.724. The van der Waals surface area contributed by atoms with E-state index in [9.17, 15) is 9.59 Å². The Kier molecular flexibility index (Phi) is 5.81. The molecule has 4 aromatic carbocycles. The van der Waals surface area contributed by atoms with Crippen LogP contribution in [-0.2, 0) is 0 Å². The summed E-state index contributed by atoms with van der Waals surface area (Å²) in [5.74, 6) is 0.928. The number of anilines is 1. The van der Waals surface area contributed by atoms with Crippen LogP contribution in [0.4, 0.5) is 5.69 Å². The first kappa shape index (κ1) is 24.0. The molecule has 5 nitrogen and oxygen atoms in total. The molecule has 1 aliphatic heterocycles. The third kappa shape index (κ3) is 3.96. The molecule has 1 atom stereocenters. The average molecular weight is 522 g/mol. The Hall–Kier alpha value is -4.35. The lowest BCUT2D eigenvalue weighted by Gasteiger charge is -2.26. The van der Waals surface area contributed by atoms with Crippen LogP contribution in [-0.4, -0.2) is 5.91 Å². The van der Waals surface area contributed by atoms with Gasteiger partial charge in [-0.1, -0.05) is 48.0 Å². The lowest BCUT2D eigenvalue weighted by Crippen LogP contribution is -2.29. The molecule has 0 saturated carbocycles. The van der Waals surface area contributed by atoms with Crippen molar-refractivity contribution in [2.24, 2.45) is 0 Å². The molecule has 0 spiro atoms. The number of rotatable bonds is 4. The maximum Gasteiger partial charge on any atom is 0.295 e. The summed E-state index contributed by atoms with van der Waals surface area (Å²) in [6.07, 6.45) is 0. The first-order valence-electron chi connectivity index (χ1n) is 12.3. The third-order valence-corrected chi connectivity index (χ3v) is 7.48. The molecule has 0 bridgehead atoms. The van der Waals surface area contributed by atoms with Crippen LogP contribution < -0.4 is 15.1 Å². The number of aryl methyl sites for hydroxylation is 3. The van der Waals surface area contributed by atoms with E-state index in [2.05, 4.69) is 0 Å². The fraction of sp³-hybridized carbons (Fsp3) is 0.125. The van der Waals surface area contributed by atoms with Gasteiger partial charge < -0.3 is 9.15 Å². The van der Waals surface area contributed by atoms with Crippen LogP contribution in [0.3, 0.4) is 0 Å². The number of hydrogen-bond acceptors (Lipinski definition) is 4. The fourth-order valence-electron chi connectivity index (χ4n) is 4.91. The summed E-state index contributed by atoms with van der Waals surface area (Å²) in [6, 6.07) is 25.2. The number of nitrogens with zero attached hydrogens (tertiary/aromatic N) is 1. The van der Waals surface area contributed by atoms with Crippen LogP contribution in [0.25, 0.3) is 11.0 Å². The van der Waals surface area contributed by atoms with Gasteiger partial charge in [-0.05, 0) is 91.6 Å². The van der Waals surface area contributed by atoms with Crippen molar-refractivity contribution in [2.75, 3.05) is 4.90 Å². The molecule has 38 heavy (non-hydrogen) atoms. The van der Waals surface area contributed by atoms with Gasteiger partial charge in [0.15, 0.2) is 5.43 Å². The first-order valence-corrected chi connectivity index (χ1v) is 12.7. The van der Waals surface area contributed by atoms with E-state index in [-0.39, 0.29) is 11.2 Å². The summed E-state index contributed by atoms with van der Waals surface area (Å²) in [5.41, 5.74) is 4.62. The fourth-order valence-corrected chi connectivity index (χ4v) is 5.09. The normalized spacial score (nSPS) is 14.7. The van der Waals surface area contributed by atoms with E-state index >= 15 is 0 Å². The molecule has 188 valence electrons. The molecule has 0 saturated heterocycles. The van der Waals surface area contributed by atoms with Crippen LogP contribution in [0.1, 0.15) is 44.4 Å². The summed E-state index contributed by atoms with van der Waals surface area (Å²) in [7, 11) is 0. The van der Waals surface area contributed by atoms with Gasteiger partial charge in [0.25, 0.3) is 5.91 Å². The van der Waals surface area contributed by atoms with Crippen molar-refractivity contribution in [3.63, 3.8) is 0 Å². The Morgan fingerprint density at radius 2 is 1.53 bits per heavy atom. The highest BCUT2D eigenvalue weighted by molar-refractivity contribution is 6.31. The van der Waals surface area contributed by atoms with Gasteiger partial charge >= 0.3 is 0 Å². The molecule has 0 aliphatic carbocycles. The minimum absolute atomic E-state index is 0.0434. The van der Waals surface area contributed by atoms with Crippen molar-refractivity contribution in [1.29, 1.82) is 0 Å². The number of hydrogen-bond donors (Lipinski definition) is 0. The number of benzene rings is 4. The zero-order chi connectivity index (χ0) is 26.6. The molecule has 0 N–H and O–H groups in total. The average Bonchev–Trinajstić information content (AvgIpc) is 3.20. The summed E-state index contributed by atoms with van der Waals surface area (Å²) in [5, 5.41) is 0.979. The van der Waals surface area contributed by atoms with Crippen molar-refractivity contribution in [3.05, 3.63) is 134 Å². The topological polar surface area (TPSA) is 59.8 Å². The van der Waals surface area contributed by atoms with E-state index in [1.54, 1.807) is 11.0 Å². The number of halogens is 1. The van der Waals surface area contributed by atoms with Gasteiger partial charge in [-0.2, -0.15) is 0 Å². The number of amides is 1. The van der Waals surface area contributed by atoms with Crippen LogP contribution in [0, 0.1) is 20.8 Å². The summed E-state index contributed by atoms with van der Waals surface area (Å²) < 4.78 is 12.2. The predicted molar refractivity (Wildman–Crippen MR) is 150 cm³/mol. The van der Waals surface area contributed by atoms with E-state index in [0.717, 1.165) is 22.3 Å². The van der Waals surface area contributed by atoms with Gasteiger partial charge in [0, 0.05) is 10.7 Å². The highest BCUT2D eigenvalue weighted by Gasteiger charge is 2.44. The molecule has 1 aliphatic rings. The molecule has 2 heterocycles. The second-order valence-corrected chi connectivity index (χ2v) is 10.0. The van der Waals surface area contributed by atoms with Gasteiger partial charge in [-0.15, -0.1) is 0 Å². The van der Waals surface area contributed by atoms with Gasteiger partial charge in [0.05, 0.1) is 17.0 Å². The molecule has 5 aromatic rings. The van der Waals surface area contributed by atoms with Crippen molar-refractivity contribution < 1.29 is 13.9 Å². The lowest BCUT2D eigenvalue weighted by atomic mass is 9.97. The van der Waals surface area contributed by atoms with Gasteiger partial charge in [-0.3, -0.25) is 14.5 Å². The third-order valence-electron chi connectivity index (χ3n) is 7.07. The highest BCUT2D eigenvalue weighted by atomic mass is 35.5. The number of fused-ring (bicyclic) bond motifs is 2. The van der Waals surface area contributed by atoms with Crippen molar-refractivity contribution >= 4 is 34.2 Å². The van der Waals surface area contributed by atoms with Crippen molar-refractivity contribution in [3.8, 4) is 11.5 Å². The quantitative estimate of drug-likeness (QED) is 0.241. The summed E-state index contributed by atoms with van der Waals surface area (Å²) in [4.78, 5) is 29.5. The van der Waals surface area contributed by atoms with E-state index in [1.165, 1.54) is 0 Å². The SMILES string of the molecule is Cc1cc2oc3c(c(=O)c2cc1C)C(c1cccc(Oc2ccccc2)c1)N(c1ccc(C)c(Cl)c1)C3=O. The van der Waals surface area contributed by atoms with Crippen molar-refractivity contribution in [2.45, 2.75) is 26.8 Å². The van der Waals surface area contributed by atoms with E-state index in [4.69, 9.17) is 20.8 Å². The number of para-hydroxylation sites is 1. The molecular weight excluding hydrogens is 498 g/mol. The maximum absolute atomic E-state index is 14.0. The first-order chi connectivity index (χ1) is 18.3. The van der Waals surface area contributed by atoms with Gasteiger partial charge in [-0.25, -0.2) is 0 Å². The lowest BCUT2D eigenvalue weighted by molar-refractivity contribution is 0.0971. The van der Waals surface area contributed by atoms with E-state index in [0.29, 0.717) is 38.7 Å². The molecule has 6 heteroatoms. The van der Waals surface area contributed by atoms with Crippen LogP contribution in [0.5, 0.6) is 11.5 Å². The number of carbonyl (C=O) groups excluding carboxylic acids is 1. The largest absolute Gasteiger partial charge is 0.457 e. The summed E-state index contributed by atoms with van der Waals surface area (Å²) in [6.45, 7) is 5.80. The Morgan fingerprint density at radius 3 is 2.29 bits per heavy atom. The molecule has 6 rings (SSSR count). The van der Waals surface area contributed by atoms with Gasteiger partial charge in [0.1, 0.15) is 17.1 Å². The molecule has 1 aromatic heterocycles. The smallest absolute Gasteiger partial charge is 0.295 e. The van der Waals surface area contributed by atoms with E-state index in [1.807, 2.05) is 99.6 Å². The van der Waals surface area contributed by atoms with Crippen LogP contribution >= 0.6 is 11.6 Å². The number of carbonyl (C=O) groups is 1. The Balaban J connectivity index is 1.57. The predicted octanol–water partition coefficient (Wildman–Crippen LogP) is 7.91. The second-order valence-electron chi connectivity index (χ2n) is 9.61. The minimum Gasteiger partial charge on any atom is -0.457 e. The standard InChI is InChI=1S/C32H24ClNO4/c1-18-12-13-22(17-26(18)33)34-29(21-8-7-11-24(16-21)37-23-9-5-4-6-10-23)28-30(35)25-14-19(2)20(3)15-27(25)38-31(28)32(34)36/h4-17,29H,1-3H3. The monoisotopic (exact) mass is 521 g/mol. The van der Waals surface area contributed by atoms with Crippen molar-refractivity contribution in [1.82, 2.24) is 0 Å². The molecule has 1 unspecified atom stereocenters. The zero-order valence-electron chi connectivity index (χ0n) is 21.1. The molecule has 0 fully saturated rings. The molecular formula is C32H24ClNO4. The summed E-state index contributed by atoms with van der Waals surface area (Å²) >= 11 is 6.47. The van der Waals surface area contributed by atoms with E-state index < -0.39 is 11.9 Å². The van der Waals surface area contributed by atoms with Crippen LogP contribution in [0.15, 0.2) is 94.1 Å². The van der Waals surface area contributed by atoms with Gasteiger partial charge in [0.2, 0.25) is 5.76 Å². The highest BCUT2D eigenvalue weighted by Crippen LogP contribution is 2.43. The maximum atomic E-state index is 14.0. The molecule has 1 amide bonds.